The average molecular weight is 306 g/mol. The van der Waals surface area contributed by atoms with Crippen molar-refractivity contribution in [2.24, 2.45) is 0 Å². The van der Waals surface area contributed by atoms with Gasteiger partial charge in [0.2, 0.25) is 0 Å². The first kappa shape index (κ1) is 14.9. The van der Waals surface area contributed by atoms with Crippen molar-refractivity contribution in [2.75, 3.05) is 7.11 Å². The SMILES string of the molecule is COc1c2c(cc3oc(CO)cc(=O)c13)OC(C(C)(C)O)C2. The van der Waals surface area contributed by atoms with Gasteiger partial charge in [0.1, 0.15) is 40.9 Å². The molecule has 1 unspecified atom stereocenters. The number of benzene rings is 1. The molecule has 6 heteroatoms. The zero-order chi connectivity index (χ0) is 16.1. The second-order valence-electron chi connectivity index (χ2n) is 5.96. The van der Waals surface area contributed by atoms with Crippen LogP contribution in [-0.4, -0.2) is 29.0 Å². The maximum absolute atomic E-state index is 12.3. The van der Waals surface area contributed by atoms with Crippen LogP contribution in [0.2, 0.25) is 0 Å². The highest BCUT2D eigenvalue weighted by atomic mass is 16.5. The zero-order valence-electron chi connectivity index (χ0n) is 12.7. The second-order valence-corrected chi connectivity index (χ2v) is 5.96. The number of aliphatic hydroxyl groups excluding tert-OH is 1. The van der Waals surface area contributed by atoms with Gasteiger partial charge >= 0.3 is 0 Å². The lowest BCUT2D eigenvalue weighted by Crippen LogP contribution is -2.39. The van der Waals surface area contributed by atoms with E-state index in [0.717, 1.165) is 5.56 Å². The summed E-state index contributed by atoms with van der Waals surface area (Å²) in [6.07, 6.45) is 0.0136. The molecular formula is C16H18O6. The molecule has 3 rings (SSSR count). The van der Waals surface area contributed by atoms with Crippen LogP contribution in [0.25, 0.3) is 11.0 Å². The second kappa shape index (κ2) is 5.00. The van der Waals surface area contributed by atoms with E-state index < -0.39 is 11.7 Å². The van der Waals surface area contributed by atoms with Crippen LogP contribution in [0.4, 0.5) is 0 Å². The highest BCUT2D eigenvalue weighted by Gasteiger charge is 2.37. The van der Waals surface area contributed by atoms with Gasteiger partial charge in [0.25, 0.3) is 0 Å². The van der Waals surface area contributed by atoms with Crippen LogP contribution in [0.1, 0.15) is 25.2 Å². The van der Waals surface area contributed by atoms with Crippen molar-refractivity contribution in [3.05, 3.63) is 33.7 Å². The maximum Gasteiger partial charge on any atom is 0.196 e. The minimum atomic E-state index is -1.02. The minimum Gasteiger partial charge on any atom is -0.495 e. The fourth-order valence-corrected chi connectivity index (χ4v) is 2.73. The van der Waals surface area contributed by atoms with Crippen molar-refractivity contribution in [2.45, 2.75) is 38.6 Å². The van der Waals surface area contributed by atoms with Gasteiger partial charge in [-0.1, -0.05) is 0 Å². The van der Waals surface area contributed by atoms with Gasteiger partial charge in [-0.05, 0) is 13.8 Å². The Kier molecular flexibility index (Phi) is 3.38. The Morgan fingerprint density at radius 3 is 2.73 bits per heavy atom. The molecule has 22 heavy (non-hydrogen) atoms. The molecule has 1 aromatic carbocycles. The molecule has 6 nitrogen and oxygen atoms in total. The molecule has 0 spiro atoms. The lowest BCUT2D eigenvalue weighted by atomic mass is 9.96. The Labute approximate surface area is 126 Å². The monoisotopic (exact) mass is 306 g/mol. The average Bonchev–Trinajstić information content (AvgIpc) is 2.88. The van der Waals surface area contributed by atoms with E-state index in [1.54, 1.807) is 19.9 Å². The summed E-state index contributed by atoms with van der Waals surface area (Å²) in [4.78, 5) is 12.3. The van der Waals surface area contributed by atoms with Crippen LogP contribution in [0, 0.1) is 0 Å². The molecule has 1 aliphatic rings. The Morgan fingerprint density at radius 2 is 2.14 bits per heavy atom. The van der Waals surface area contributed by atoms with Crippen LogP contribution in [-0.2, 0) is 13.0 Å². The van der Waals surface area contributed by atoms with Crippen LogP contribution in [0.3, 0.4) is 0 Å². The van der Waals surface area contributed by atoms with Crippen molar-refractivity contribution >= 4 is 11.0 Å². The van der Waals surface area contributed by atoms with Gasteiger partial charge in [0.05, 0.1) is 12.7 Å². The van der Waals surface area contributed by atoms with E-state index in [-0.39, 0.29) is 17.8 Å². The molecule has 1 aromatic heterocycles. The predicted molar refractivity (Wildman–Crippen MR) is 79.4 cm³/mol. The summed E-state index contributed by atoms with van der Waals surface area (Å²) in [6.45, 7) is 2.98. The first-order chi connectivity index (χ1) is 10.3. The van der Waals surface area contributed by atoms with Crippen molar-refractivity contribution in [1.82, 2.24) is 0 Å². The molecule has 0 radical (unpaired) electrons. The summed E-state index contributed by atoms with van der Waals surface area (Å²) in [5, 5.41) is 19.6. The number of fused-ring (bicyclic) bond motifs is 2. The van der Waals surface area contributed by atoms with Gasteiger partial charge in [0.15, 0.2) is 5.43 Å². The minimum absolute atomic E-state index is 0.177. The van der Waals surface area contributed by atoms with Gasteiger partial charge in [-0.15, -0.1) is 0 Å². The molecule has 118 valence electrons. The smallest absolute Gasteiger partial charge is 0.196 e. The normalized spacial score (nSPS) is 17.4. The van der Waals surface area contributed by atoms with E-state index >= 15 is 0 Å². The van der Waals surface area contributed by atoms with Gasteiger partial charge in [0, 0.05) is 24.1 Å². The van der Waals surface area contributed by atoms with Gasteiger partial charge in [-0.3, -0.25) is 4.79 Å². The number of ether oxygens (including phenoxy) is 2. The molecule has 1 atom stereocenters. The molecule has 2 N–H and O–H groups in total. The number of rotatable bonds is 3. The third-order valence-electron chi connectivity index (χ3n) is 3.89. The number of hydrogen-bond donors (Lipinski definition) is 2. The highest BCUT2D eigenvalue weighted by Crippen LogP contribution is 2.42. The third-order valence-corrected chi connectivity index (χ3v) is 3.89. The molecule has 2 heterocycles. The summed E-state index contributed by atoms with van der Waals surface area (Å²) >= 11 is 0. The topological polar surface area (TPSA) is 89.1 Å². The predicted octanol–water partition coefficient (Wildman–Crippen LogP) is 1.37. The summed E-state index contributed by atoms with van der Waals surface area (Å²) in [6, 6.07) is 2.86. The quantitative estimate of drug-likeness (QED) is 0.890. The fourth-order valence-electron chi connectivity index (χ4n) is 2.73. The van der Waals surface area contributed by atoms with E-state index in [0.29, 0.717) is 28.9 Å². The third kappa shape index (κ3) is 2.24. The molecule has 0 aliphatic carbocycles. The highest BCUT2D eigenvalue weighted by molar-refractivity contribution is 5.87. The van der Waals surface area contributed by atoms with Crippen molar-refractivity contribution in [1.29, 1.82) is 0 Å². The number of aliphatic hydroxyl groups is 2. The molecule has 0 saturated carbocycles. The van der Waals surface area contributed by atoms with Gasteiger partial charge < -0.3 is 24.1 Å². The first-order valence-corrected chi connectivity index (χ1v) is 7.01. The number of methoxy groups -OCH3 is 1. The molecule has 0 bridgehead atoms. The summed E-state index contributed by atoms with van der Waals surface area (Å²) in [7, 11) is 1.48. The first-order valence-electron chi connectivity index (χ1n) is 7.01. The molecule has 0 saturated heterocycles. The van der Waals surface area contributed by atoms with E-state index in [4.69, 9.17) is 19.0 Å². The van der Waals surface area contributed by atoms with E-state index in [1.807, 2.05) is 0 Å². The fraction of sp³-hybridized carbons (Fsp3) is 0.438. The van der Waals surface area contributed by atoms with E-state index in [9.17, 15) is 9.90 Å². The summed E-state index contributed by atoms with van der Waals surface area (Å²) in [5.74, 6) is 1.10. The maximum atomic E-state index is 12.3. The zero-order valence-corrected chi connectivity index (χ0v) is 12.7. The Balaban J connectivity index is 2.25. The standard InChI is InChI=1S/C16H18O6/c1-16(2,19)13-5-9-11(22-13)6-12-14(15(9)20-3)10(18)4-8(7-17)21-12/h4,6,13,17,19H,5,7H2,1-3H3. The lowest BCUT2D eigenvalue weighted by Gasteiger charge is -2.24. The Hall–Kier alpha value is -2.05. The molecule has 0 amide bonds. The van der Waals surface area contributed by atoms with Crippen molar-refractivity contribution < 1.29 is 24.1 Å². The van der Waals surface area contributed by atoms with Crippen molar-refractivity contribution in [3.8, 4) is 11.5 Å². The summed E-state index contributed by atoms with van der Waals surface area (Å²) < 4.78 is 16.7. The van der Waals surface area contributed by atoms with Crippen LogP contribution in [0.5, 0.6) is 11.5 Å². The van der Waals surface area contributed by atoms with E-state index in [1.165, 1.54) is 13.2 Å². The molecule has 2 aromatic rings. The molecular weight excluding hydrogens is 288 g/mol. The van der Waals surface area contributed by atoms with Crippen LogP contribution < -0.4 is 14.9 Å². The van der Waals surface area contributed by atoms with Crippen LogP contribution >= 0.6 is 0 Å². The van der Waals surface area contributed by atoms with E-state index in [2.05, 4.69) is 0 Å². The lowest BCUT2D eigenvalue weighted by molar-refractivity contribution is -0.0229. The van der Waals surface area contributed by atoms with Gasteiger partial charge in [-0.25, -0.2) is 0 Å². The summed E-state index contributed by atoms with van der Waals surface area (Å²) in [5.41, 5.74) is -0.268. The van der Waals surface area contributed by atoms with Gasteiger partial charge in [-0.2, -0.15) is 0 Å². The van der Waals surface area contributed by atoms with Crippen LogP contribution in [0.15, 0.2) is 21.3 Å². The Morgan fingerprint density at radius 1 is 1.41 bits per heavy atom. The largest absolute Gasteiger partial charge is 0.495 e. The Bertz CT molecular complexity index is 784. The molecule has 0 fully saturated rings. The number of hydrogen-bond acceptors (Lipinski definition) is 6. The molecule has 1 aliphatic heterocycles. The van der Waals surface area contributed by atoms with Crippen molar-refractivity contribution in [3.63, 3.8) is 0 Å².